The SMILES string of the molecule is CC.CCCC(N)C(=O)O.O=CNCC(=O)NC(COS(=O)O)C(=O)O. The predicted molar refractivity (Wildman–Crippen MR) is 92.2 cm³/mol. The first-order chi connectivity index (χ1) is 12.1. The van der Waals surface area contributed by atoms with Crippen molar-refractivity contribution in [3.8, 4) is 0 Å². The van der Waals surface area contributed by atoms with Gasteiger partial charge in [-0.1, -0.05) is 27.2 Å². The van der Waals surface area contributed by atoms with Crippen molar-refractivity contribution in [3.63, 3.8) is 0 Å². The highest BCUT2D eigenvalue weighted by atomic mass is 32.2. The molecule has 0 aliphatic carbocycles. The zero-order chi connectivity index (χ0) is 21.1. The Labute approximate surface area is 154 Å². The van der Waals surface area contributed by atoms with E-state index in [2.05, 4.69) is 4.18 Å². The van der Waals surface area contributed by atoms with Crippen LogP contribution in [0.5, 0.6) is 0 Å². The summed E-state index contributed by atoms with van der Waals surface area (Å²) in [5.41, 5.74) is 5.13. The largest absolute Gasteiger partial charge is 0.480 e. The van der Waals surface area contributed by atoms with Crippen molar-refractivity contribution in [2.45, 2.75) is 45.7 Å². The van der Waals surface area contributed by atoms with Crippen LogP contribution in [-0.4, -0.2) is 68.5 Å². The number of nitrogens with one attached hydrogen (secondary N) is 2. The van der Waals surface area contributed by atoms with Gasteiger partial charge in [0.1, 0.15) is 6.04 Å². The van der Waals surface area contributed by atoms with Crippen LogP contribution < -0.4 is 16.4 Å². The van der Waals surface area contributed by atoms with Crippen molar-refractivity contribution in [2.75, 3.05) is 13.2 Å². The maximum absolute atomic E-state index is 11.0. The molecule has 3 unspecified atom stereocenters. The third kappa shape index (κ3) is 20.0. The van der Waals surface area contributed by atoms with Crippen LogP contribution in [0.4, 0.5) is 0 Å². The standard InChI is InChI=1S/C6H10N2O7S.C5H11NO2.C2H6/c9-3-7-1-5(10)8-4(6(11)12)2-15-16(13)14;1-2-3-4(6)5(7)8;1-2/h3-4H,1-2H2,(H,7,9)(H,8,10)(H,11,12)(H,13,14);4H,2-3,6H2,1H3,(H,7,8);1-2H3. The van der Waals surface area contributed by atoms with Crippen molar-refractivity contribution in [1.29, 1.82) is 0 Å². The summed E-state index contributed by atoms with van der Waals surface area (Å²) in [5.74, 6) is -3.09. The molecule has 0 aromatic carbocycles. The topological polar surface area (TPSA) is 205 Å². The lowest BCUT2D eigenvalue weighted by Crippen LogP contribution is -2.47. The number of hydrogen-bond acceptors (Lipinski definition) is 7. The zero-order valence-corrected chi connectivity index (χ0v) is 15.7. The normalized spacial score (nSPS) is 12.7. The van der Waals surface area contributed by atoms with E-state index in [1.54, 1.807) is 0 Å². The summed E-state index contributed by atoms with van der Waals surface area (Å²) in [4.78, 5) is 41.3. The molecular weight excluding hydrogens is 374 g/mol. The number of hydrogen-bond donors (Lipinski definition) is 6. The van der Waals surface area contributed by atoms with Crippen molar-refractivity contribution >= 4 is 35.6 Å². The fourth-order valence-corrected chi connectivity index (χ4v) is 1.37. The second-order valence-corrected chi connectivity index (χ2v) is 4.86. The molecule has 0 aliphatic heterocycles. The lowest BCUT2D eigenvalue weighted by Gasteiger charge is -2.12. The lowest BCUT2D eigenvalue weighted by molar-refractivity contribution is -0.142. The van der Waals surface area contributed by atoms with E-state index in [0.29, 0.717) is 6.42 Å². The zero-order valence-electron chi connectivity index (χ0n) is 14.8. The molecule has 7 N–H and O–H groups in total. The van der Waals surface area contributed by atoms with Gasteiger partial charge in [-0.3, -0.25) is 23.1 Å². The van der Waals surface area contributed by atoms with Crippen LogP contribution in [-0.2, 0) is 34.7 Å². The van der Waals surface area contributed by atoms with Gasteiger partial charge in [-0.05, 0) is 6.42 Å². The minimum atomic E-state index is -2.61. The van der Waals surface area contributed by atoms with Gasteiger partial charge in [-0.25, -0.2) is 4.79 Å². The second kappa shape index (κ2) is 19.2. The smallest absolute Gasteiger partial charge is 0.328 e. The van der Waals surface area contributed by atoms with Crippen LogP contribution in [0.15, 0.2) is 0 Å². The van der Waals surface area contributed by atoms with E-state index in [0.717, 1.165) is 6.42 Å². The van der Waals surface area contributed by atoms with Crippen LogP contribution in [0.25, 0.3) is 0 Å². The van der Waals surface area contributed by atoms with Crippen molar-refractivity contribution in [2.24, 2.45) is 5.73 Å². The first kappa shape index (κ1) is 28.7. The minimum Gasteiger partial charge on any atom is -0.480 e. The Bertz CT molecular complexity index is 449. The molecule has 2 amide bonds. The van der Waals surface area contributed by atoms with Crippen LogP contribution in [0.3, 0.4) is 0 Å². The van der Waals surface area contributed by atoms with Crippen LogP contribution in [0, 0.1) is 0 Å². The van der Waals surface area contributed by atoms with E-state index in [-0.39, 0.29) is 6.41 Å². The molecule has 0 heterocycles. The predicted octanol–water partition coefficient (Wildman–Crippen LogP) is -1.32. The molecular formula is C13H27N3O9S. The van der Waals surface area contributed by atoms with Gasteiger partial charge >= 0.3 is 23.3 Å². The maximum atomic E-state index is 11.0. The number of carboxylic acids is 2. The Kier molecular flexibility index (Phi) is 21.2. The molecule has 13 heteroatoms. The summed E-state index contributed by atoms with van der Waals surface area (Å²) in [6.07, 6.45) is 1.66. The molecule has 0 aromatic rings. The molecule has 12 nitrogen and oxygen atoms in total. The number of nitrogens with two attached hydrogens (primary N) is 1. The highest BCUT2D eigenvalue weighted by Crippen LogP contribution is 1.91. The van der Waals surface area contributed by atoms with Crippen molar-refractivity contribution in [3.05, 3.63) is 0 Å². The van der Waals surface area contributed by atoms with Gasteiger partial charge in [-0.15, -0.1) is 0 Å². The van der Waals surface area contributed by atoms with Crippen molar-refractivity contribution < 1.29 is 42.3 Å². The average molecular weight is 401 g/mol. The number of carbonyl (C=O) groups excluding carboxylic acids is 2. The van der Waals surface area contributed by atoms with Crippen LogP contribution in [0.1, 0.15) is 33.6 Å². The summed E-state index contributed by atoms with van der Waals surface area (Å²) in [7, 11) is 0. The monoisotopic (exact) mass is 401 g/mol. The van der Waals surface area contributed by atoms with E-state index < -0.39 is 54.4 Å². The van der Waals surface area contributed by atoms with Gasteiger partial charge in [0.2, 0.25) is 12.3 Å². The second-order valence-electron chi connectivity index (χ2n) is 4.19. The molecule has 0 bridgehead atoms. The lowest BCUT2D eigenvalue weighted by atomic mass is 10.2. The Morgan fingerprint density at radius 2 is 1.77 bits per heavy atom. The molecule has 0 saturated heterocycles. The minimum absolute atomic E-state index is 0.272. The van der Waals surface area contributed by atoms with Gasteiger partial charge in [0, 0.05) is 0 Å². The fourth-order valence-electron chi connectivity index (χ4n) is 1.12. The molecule has 0 saturated carbocycles. The van der Waals surface area contributed by atoms with Gasteiger partial charge in [-0.2, -0.15) is 4.21 Å². The molecule has 3 atom stereocenters. The number of amides is 2. The highest BCUT2D eigenvalue weighted by molar-refractivity contribution is 7.74. The number of carbonyl (C=O) groups is 4. The number of carboxylic acid groups (broad SMARTS) is 2. The van der Waals surface area contributed by atoms with E-state index in [1.165, 1.54) is 0 Å². The summed E-state index contributed by atoms with van der Waals surface area (Å²) in [6, 6.07) is -2.13. The highest BCUT2D eigenvalue weighted by Gasteiger charge is 2.20. The van der Waals surface area contributed by atoms with E-state index in [4.69, 9.17) is 20.5 Å². The van der Waals surface area contributed by atoms with Crippen LogP contribution in [0.2, 0.25) is 0 Å². The molecule has 0 radical (unpaired) electrons. The third-order valence-electron chi connectivity index (χ3n) is 2.23. The number of rotatable bonds is 11. The summed E-state index contributed by atoms with van der Waals surface area (Å²) in [5, 5.41) is 20.8. The Balaban J connectivity index is -0.000000444. The Morgan fingerprint density at radius 3 is 2.08 bits per heavy atom. The summed E-state index contributed by atoms with van der Waals surface area (Å²) < 4.78 is 22.5. The molecule has 0 fully saturated rings. The fraction of sp³-hybridized carbons (Fsp3) is 0.692. The summed E-state index contributed by atoms with van der Waals surface area (Å²) in [6.45, 7) is 4.85. The molecule has 0 spiro atoms. The molecule has 0 aromatic heterocycles. The quantitative estimate of drug-likeness (QED) is 0.178. The molecule has 154 valence electrons. The van der Waals surface area contributed by atoms with Gasteiger partial charge in [0.15, 0.2) is 6.04 Å². The van der Waals surface area contributed by atoms with E-state index in [1.807, 2.05) is 31.4 Å². The maximum Gasteiger partial charge on any atom is 0.328 e. The van der Waals surface area contributed by atoms with E-state index >= 15 is 0 Å². The van der Waals surface area contributed by atoms with Crippen LogP contribution >= 0.6 is 0 Å². The van der Waals surface area contributed by atoms with Gasteiger partial charge < -0.3 is 26.6 Å². The first-order valence-electron chi connectivity index (χ1n) is 7.57. The molecule has 0 rings (SSSR count). The molecule has 0 aliphatic rings. The summed E-state index contributed by atoms with van der Waals surface area (Å²) >= 11 is -2.61. The Hall–Kier alpha value is -2.09. The average Bonchev–Trinajstić information content (AvgIpc) is 2.58. The van der Waals surface area contributed by atoms with E-state index in [9.17, 15) is 23.4 Å². The number of aliphatic carboxylic acids is 2. The van der Waals surface area contributed by atoms with Gasteiger partial charge in [0.25, 0.3) is 0 Å². The van der Waals surface area contributed by atoms with Gasteiger partial charge in [0.05, 0.1) is 13.2 Å². The Morgan fingerprint density at radius 1 is 1.23 bits per heavy atom. The molecule has 26 heavy (non-hydrogen) atoms. The third-order valence-corrected chi connectivity index (χ3v) is 2.57. The first-order valence-corrected chi connectivity index (χ1v) is 8.60. The van der Waals surface area contributed by atoms with Crippen molar-refractivity contribution in [1.82, 2.24) is 10.6 Å².